The fraction of sp³-hybridized carbons (Fsp3) is 0.714. The Hall–Kier alpha value is -0.900. The number of aromatic nitrogens is 3. The van der Waals surface area contributed by atoms with Gasteiger partial charge in [-0.1, -0.05) is 6.92 Å². The molecule has 4 nitrogen and oxygen atoms in total. The highest BCUT2D eigenvalue weighted by Gasteiger charge is 2.02. The smallest absolute Gasteiger partial charge is 0.150 e. The van der Waals surface area contributed by atoms with Crippen LogP contribution in [0.25, 0.3) is 0 Å². The van der Waals surface area contributed by atoms with Crippen molar-refractivity contribution in [2.75, 3.05) is 0 Å². The maximum absolute atomic E-state index is 5.44. The molecule has 0 fully saturated rings. The van der Waals surface area contributed by atoms with Gasteiger partial charge in [-0.3, -0.25) is 4.68 Å². The third kappa shape index (κ3) is 1.77. The molecule has 0 saturated heterocycles. The van der Waals surface area contributed by atoms with Crippen LogP contribution in [0.3, 0.4) is 0 Å². The molecule has 0 aromatic carbocycles. The summed E-state index contributed by atoms with van der Waals surface area (Å²) in [7, 11) is 1.87. The van der Waals surface area contributed by atoms with Gasteiger partial charge in [0.25, 0.3) is 0 Å². The highest BCUT2D eigenvalue weighted by atomic mass is 15.3. The van der Waals surface area contributed by atoms with Gasteiger partial charge in [-0.05, 0) is 6.42 Å². The molecule has 4 heteroatoms. The molecule has 1 aromatic heterocycles. The van der Waals surface area contributed by atoms with Crippen molar-refractivity contribution in [3.8, 4) is 0 Å². The first-order valence-electron chi connectivity index (χ1n) is 3.86. The molecule has 62 valence electrons. The fourth-order valence-electron chi connectivity index (χ4n) is 0.982. The number of rotatable bonds is 3. The van der Waals surface area contributed by atoms with Crippen LogP contribution in [0.4, 0.5) is 0 Å². The summed E-state index contributed by atoms with van der Waals surface area (Å²) >= 11 is 0. The third-order valence-electron chi connectivity index (χ3n) is 1.55. The zero-order valence-electron chi connectivity index (χ0n) is 7.04. The van der Waals surface area contributed by atoms with Crippen LogP contribution in [0.5, 0.6) is 0 Å². The van der Waals surface area contributed by atoms with E-state index in [1.165, 1.54) is 0 Å². The Kier molecular flexibility index (Phi) is 2.59. The van der Waals surface area contributed by atoms with Crippen molar-refractivity contribution >= 4 is 0 Å². The molecule has 0 aliphatic heterocycles. The molecule has 0 spiro atoms. The topological polar surface area (TPSA) is 56.7 Å². The van der Waals surface area contributed by atoms with E-state index in [-0.39, 0.29) is 0 Å². The molecule has 0 amide bonds. The van der Waals surface area contributed by atoms with Crippen LogP contribution in [-0.2, 0) is 20.0 Å². The van der Waals surface area contributed by atoms with Gasteiger partial charge in [-0.25, -0.2) is 4.98 Å². The van der Waals surface area contributed by atoms with Crippen LogP contribution in [0.1, 0.15) is 25.0 Å². The molecule has 0 aliphatic carbocycles. The zero-order valence-corrected chi connectivity index (χ0v) is 7.04. The molecular weight excluding hydrogens is 140 g/mol. The van der Waals surface area contributed by atoms with Crippen molar-refractivity contribution in [2.24, 2.45) is 12.8 Å². The molecule has 0 saturated carbocycles. The molecule has 0 radical (unpaired) electrons. The van der Waals surface area contributed by atoms with Crippen molar-refractivity contribution in [1.29, 1.82) is 0 Å². The minimum atomic E-state index is 0.465. The van der Waals surface area contributed by atoms with Gasteiger partial charge in [0.05, 0.1) is 6.54 Å². The lowest BCUT2D eigenvalue weighted by molar-refractivity contribution is 0.691. The third-order valence-corrected chi connectivity index (χ3v) is 1.55. The van der Waals surface area contributed by atoms with Crippen molar-refractivity contribution in [1.82, 2.24) is 14.8 Å². The van der Waals surface area contributed by atoms with Crippen LogP contribution >= 0.6 is 0 Å². The van der Waals surface area contributed by atoms with Gasteiger partial charge in [0.2, 0.25) is 0 Å². The summed E-state index contributed by atoms with van der Waals surface area (Å²) in [6, 6.07) is 0. The molecule has 1 heterocycles. The number of hydrogen-bond donors (Lipinski definition) is 1. The maximum Gasteiger partial charge on any atom is 0.150 e. The maximum atomic E-state index is 5.44. The van der Waals surface area contributed by atoms with Gasteiger partial charge < -0.3 is 5.73 Å². The number of nitrogens with zero attached hydrogens (tertiary/aromatic N) is 3. The Morgan fingerprint density at radius 1 is 1.55 bits per heavy atom. The van der Waals surface area contributed by atoms with Crippen LogP contribution < -0.4 is 5.73 Å². The Labute approximate surface area is 66.4 Å². The van der Waals surface area contributed by atoms with E-state index in [2.05, 4.69) is 17.0 Å². The molecule has 0 bridgehead atoms. The summed E-state index contributed by atoms with van der Waals surface area (Å²) < 4.78 is 1.74. The minimum Gasteiger partial charge on any atom is -0.324 e. The van der Waals surface area contributed by atoms with E-state index in [4.69, 9.17) is 5.73 Å². The van der Waals surface area contributed by atoms with E-state index in [1.54, 1.807) is 4.68 Å². The van der Waals surface area contributed by atoms with Gasteiger partial charge in [0.15, 0.2) is 5.82 Å². The average molecular weight is 154 g/mol. The van der Waals surface area contributed by atoms with Crippen LogP contribution in [0, 0.1) is 0 Å². The normalized spacial score (nSPS) is 10.5. The second-order valence-electron chi connectivity index (χ2n) is 2.52. The Morgan fingerprint density at radius 2 is 2.27 bits per heavy atom. The van der Waals surface area contributed by atoms with Crippen molar-refractivity contribution in [2.45, 2.75) is 26.3 Å². The predicted molar refractivity (Wildman–Crippen MR) is 42.9 cm³/mol. The van der Waals surface area contributed by atoms with E-state index in [0.717, 1.165) is 24.5 Å². The first kappa shape index (κ1) is 8.20. The summed E-state index contributed by atoms with van der Waals surface area (Å²) in [4.78, 5) is 4.24. The summed E-state index contributed by atoms with van der Waals surface area (Å²) in [5, 5.41) is 4.20. The Bertz CT molecular complexity index is 228. The van der Waals surface area contributed by atoms with E-state index in [9.17, 15) is 0 Å². The molecule has 11 heavy (non-hydrogen) atoms. The van der Waals surface area contributed by atoms with Crippen molar-refractivity contribution in [3.05, 3.63) is 11.6 Å². The Balaban J connectivity index is 2.77. The lowest BCUT2D eigenvalue weighted by Crippen LogP contribution is -2.05. The van der Waals surface area contributed by atoms with Crippen LogP contribution in [0.15, 0.2) is 0 Å². The number of hydrogen-bond acceptors (Lipinski definition) is 3. The fourth-order valence-corrected chi connectivity index (χ4v) is 0.982. The highest BCUT2D eigenvalue weighted by Crippen LogP contribution is 1.98. The second-order valence-corrected chi connectivity index (χ2v) is 2.52. The molecule has 1 rings (SSSR count). The molecule has 0 unspecified atom stereocenters. The Morgan fingerprint density at radius 3 is 2.73 bits per heavy atom. The molecule has 2 N–H and O–H groups in total. The zero-order chi connectivity index (χ0) is 8.27. The van der Waals surface area contributed by atoms with Crippen LogP contribution in [0.2, 0.25) is 0 Å². The molecule has 0 atom stereocenters. The van der Waals surface area contributed by atoms with E-state index < -0.39 is 0 Å². The standard InChI is InChI=1S/C7H14N4/c1-3-4-6-9-7(5-8)11(2)10-6/h3-5,8H2,1-2H3. The van der Waals surface area contributed by atoms with Gasteiger partial charge >= 0.3 is 0 Å². The molecule has 1 aromatic rings. The quantitative estimate of drug-likeness (QED) is 0.678. The SMILES string of the molecule is CCCc1nc(CN)n(C)n1. The second kappa shape index (κ2) is 3.48. The monoisotopic (exact) mass is 154 g/mol. The van der Waals surface area contributed by atoms with Gasteiger partial charge in [0, 0.05) is 13.5 Å². The number of nitrogens with two attached hydrogens (primary N) is 1. The first-order chi connectivity index (χ1) is 5.27. The van der Waals surface area contributed by atoms with Crippen molar-refractivity contribution < 1.29 is 0 Å². The van der Waals surface area contributed by atoms with Gasteiger partial charge in [-0.2, -0.15) is 5.10 Å². The first-order valence-corrected chi connectivity index (χ1v) is 3.86. The van der Waals surface area contributed by atoms with E-state index in [0.29, 0.717) is 6.54 Å². The predicted octanol–water partition coefficient (Wildman–Crippen LogP) is 0.226. The van der Waals surface area contributed by atoms with Gasteiger partial charge in [0.1, 0.15) is 5.82 Å². The van der Waals surface area contributed by atoms with E-state index in [1.807, 2.05) is 7.05 Å². The lowest BCUT2D eigenvalue weighted by Gasteiger charge is -1.90. The summed E-state index contributed by atoms with van der Waals surface area (Å²) in [6.45, 7) is 2.58. The minimum absolute atomic E-state index is 0.465. The lowest BCUT2D eigenvalue weighted by atomic mass is 10.3. The molecular formula is C7H14N4. The van der Waals surface area contributed by atoms with Crippen LogP contribution in [-0.4, -0.2) is 14.8 Å². The summed E-state index contributed by atoms with van der Waals surface area (Å²) in [6.07, 6.45) is 2.02. The largest absolute Gasteiger partial charge is 0.324 e. The van der Waals surface area contributed by atoms with Crippen molar-refractivity contribution in [3.63, 3.8) is 0 Å². The van der Waals surface area contributed by atoms with Gasteiger partial charge in [-0.15, -0.1) is 0 Å². The van der Waals surface area contributed by atoms with E-state index >= 15 is 0 Å². The average Bonchev–Trinajstić information content (AvgIpc) is 2.32. The number of aryl methyl sites for hydroxylation is 2. The highest BCUT2D eigenvalue weighted by molar-refractivity contribution is 4.91. The summed E-state index contributed by atoms with van der Waals surface area (Å²) in [5.41, 5.74) is 5.44. The summed E-state index contributed by atoms with van der Waals surface area (Å²) in [5.74, 6) is 1.75. The molecule has 0 aliphatic rings.